The quantitative estimate of drug-likeness (QED) is 0.379. The smallest absolute Gasteiger partial charge is 0.238 e. The Kier molecular flexibility index (Phi) is 7.11. The molecule has 5 rings (SSSR count). The summed E-state index contributed by atoms with van der Waals surface area (Å²) in [4.78, 5) is 27.2. The van der Waals surface area contributed by atoms with Crippen LogP contribution >= 0.6 is 11.8 Å². The van der Waals surface area contributed by atoms with Crippen LogP contribution in [0.25, 0.3) is 16.9 Å². The Labute approximate surface area is 225 Å². The number of aryl methyl sites for hydroxylation is 1. The monoisotopic (exact) mass is 528 g/mol. The Morgan fingerprint density at radius 3 is 2.45 bits per heavy atom. The Morgan fingerprint density at radius 1 is 1.05 bits per heavy atom. The van der Waals surface area contributed by atoms with Crippen molar-refractivity contribution in [3.63, 3.8) is 0 Å². The van der Waals surface area contributed by atoms with E-state index in [1.807, 2.05) is 79.7 Å². The first-order valence-corrected chi connectivity index (χ1v) is 13.1. The number of rotatable bonds is 7. The molecule has 194 valence electrons. The summed E-state index contributed by atoms with van der Waals surface area (Å²) in [5.41, 5.74) is 10.7. The molecular formula is C29H28N4O4S. The highest BCUT2D eigenvalue weighted by Gasteiger charge is 2.38. The number of fused-ring (bicyclic) bond motifs is 1. The summed E-state index contributed by atoms with van der Waals surface area (Å²) in [6.07, 6.45) is 0. The number of ether oxygens (including phenoxy) is 2. The highest BCUT2D eigenvalue weighted by atomic mass is 32.2. The number of benzene rings is 3. The van der Waals surface area contributed by atoms with Gasteiger partial charge in [0, 0.05) is 16.7 Å². The topological polar surface area (TPSA) is 99.7 Å². The highest BCUT2D eigenvalue weighted by molar-refractivity contribution is 8.00. The number of carbonyl (C=O) groups excluding carboxylic acids is 2. The lowest BCUT2D eigenvalue weighted by Gasteiger charge is -2.23. The number of thioether (sulfide) groups is 1. The number of carbonyl (C=O) groups is 2. The fourth-order valence-corrected chi connectivity index (χ4v) is 5.85. The average molecular weight is 529 g/mol. The number of methoxy groups -OCH3 is 2. The first-order chi connectivity index (χ1) is 18.4. The summed E-state index contributed by atoms with van der Waals surface area (Å²) >= 11 is 1.46. The maximum atomic E-state index is 13.6. The van der Waals surface area contributed by atoms with E-state index in [2.05, 4.69) is 0 Å². The van der Waals surface area contributed by atoms with Gasteiger partial charge in [0.25, 0.3) is 0 Å². The minimum absolute atomic E-state index is 0.134. The number of primary amides is 1. The van der Waals surface area contributed by atoms with E-state index in [-0.39, 0.29) is 23.5 Å². The predicted octanol–water partition coefficient (Wildman–Crippen LogP) is 4.52. The van der Waals surface area contributed by atoms with E-state index < -0.39 is 5.91 Å². The molecule has 1 atom stereocenters. The van der Waals surface area contributed by atoms with Crippen LogP contribution in [0.15, 0.2) is 72.8 Å². The van der Waals surface area contributed by atoms with Gasteiger partial charge in [0.15, 0.2) is 0 Å². The lowest BCUT2D eigenvalue weighted by molar-refractivity contribution is -0.121. The second-order valence-corrected chi connectivity index (χ2v) is 10.0. The lowest BCUT2D eigenvalue weighted by Crippen LogP contribution is -2.40. The van der Waals surface area contributed by atoms with Gasteiger partial charge in [0.2, 0.25) is 11.8 Å². The van der Waals surface area contributed by atoms with Gasteiger partial charge >= 0.3 is 0 Å². The van der Waals surface area contributed by atoms with Crippen molar-refractivity contribution in [3.05, 3.63) is 89.5 Å². The fraction of sp³-hybridized carbons (Fsp3) is 0.207. The second kappa shape index (κ2) is 10.6. The van der Waals surface area contributed by atoms with Gasteiger partial charge in [0.05, 0.1) is 36.6 Å². The number of nitrogens with two attached hydrogens (primary N) is 1. The Morgan fingerprint density at radius 2 is 1.79 bits per heavy atom. The van der Waals surface area contributed by atoms with Crippen molar-refractivity contribution in [1.82, 2.24) is 9.78 Å². The number of amides is 2. The highest BCUT2D eigenvalue weighted by Crippen LogP contribution is 2.51. The third-order valence-corrected chi connectivity index (χ3v) is 7.68. The summed E-state index contributed by atoms with van der Waals surface area (Å²) in [6.45, 7) is 1.74. The minimum atomic E-state index is -0.607. The van der Waals surface area contributed by atoms with Gasteiger partial charge in [-0.25, -0.2) is 4.68 Å². The summed E-state index contributed by atoms with van der Waals surface area (Å²) in [5.74, 6) is 1.13. The first kappa shape index (κ1) is 25.4. The van der Waals surface area contributed by atoms with Crippen LogP contribution in [-0.4, -0.2) is 48.1 Å². The Bertz CT molecular complexity index is 1480. The molecule has 0 aliphatic carbocycles. The molecule has 2 N–H and O–H groups in total. The van der Waals surface area contributed by atoms with Crippen LogP contribution in [0, 0.1) is 6.92 Å². The maximum absolute atomic E-state index is 13.6. The summed E-state index contributed by atoms with van der Waals surface area (Å²) in [5, 5.41) is 4.70. The van der Waals surface area contributed by atoms with Gasteiger partial charge in [-0.15, -0.1) is 11.8 Å². The number of aromatic nitrogens is 2. The Hall–Kier alpha value is -4.24. The summed E-state index contributed by atoms with van der Waals surface area (Å²) in [7, 11) is 3.23. The second-order valence-electron chi connectivity index (χ2n) is 8.94. The van der Waals surface area contributed by atoms with Gasteiger partial charge in [-0.3, -0.25) is 14.5 Å². The van der Waals surface area contributed by atoms with Crippen LogP contribution in [0.5, 0.6) is 11.5 Å². The molecule has 0 radical (unpaired) electrons. The maximum Gasteiger partial charge on any atom is 0.238 e. The predicted molar refractivity (Wildman–Crippen MR) is 149 cm³/mol. The first-order valence-electron chi connectivity index (χ1n) is 12.1. The zero-order valence-electron chi connectivity index (χ0n) is 21.4. The van der Waals surface area contributed by atoms with Crippen molar-refractivity contribution < 1.29 is 19.1 Å². The van der Waals surface area contributed by atoms with Crippen molar-refractivity contribution in [3.8, 4) is 28.4 Å². The van der Waals surface area contributed by atoms with Crippen LogP contribution in [0.2, 0.25) is 0 Å². The minimum Gasteiger partial charge on any atom is -0.497 e. The molecule has 1 aliphatic heterocycles. The zero-order chi connectivity index (χ0) is 26.8. The van der Waals surface area contributed by atoms with Gasteiger partial charge in [-0.2, -0.15) is 5.10 Å². The molecule has 0 unspecified atom stereocenters. The third-order valence-electron chi connectivity index (χ3n) is 6.45. The molecule has 1 aliphatic rings. The van der Waals surface area contributed by atoms with E-state index in [9.17, 15) is 9.59 Å². The number of nitrogens with zero attached hydrogens (tertiary/aromatic N) is 3. The molecule has 9 heteroatoms. The van der Waals surface area contributed by atoms with Gasteiger partial charge < -0.3 is 15.2 Å². The van der Waals surface area contributed by atoms with Gasteiger partial charge in [-0.05, 0) is 37.3 Å². The third kappa shape index (κ3) is 4.72. The largest absolute Gasteiger partial charge is 0.497 e. The molecule has 0 saturated carbocycles. The molecule has 4 aromatic rings. The summed E-state index contributed by atoms with van der Waals surface area (Å²) < 4.78 is 13.0. The van der Waals surface area contributed by atoms with Crippen molar-refractivity contribution in [2.45, 2.75) is 12.2 Å². The van der Waals surface area contributed by atoms with E-state index >= 15 is 0 Å². The molecule has 2 amide bonds. The molecule has 8 nitrogen and oxygen atoms in total. The van der Waals surface area contributed by atoms with Gasteiger partial charge in [0.1, 0.15) is 23.9 Å². The molecule has 2 heterocycles. The van der Waals surface area contributed by atoms with E-state index in [1.165, 1.54) is 16.7 Å². The van der Waals surface area contributed by atoms with Crippen LogP contribution in [0.4, 0.5) is 5.82 Å². The van der Waals surface area contributed by atoms with E-state index in [4.69, 9.17) is 20.3 Å². The molecule has 0 fully saturated rings. The van der Waals surface area contributed by atoms with Crippen LogP contribution in [0.1, 0.15) is 21.9 Å². The van der Waals surface area contributed by atoms with Crippen LogP contribution in [0.3, 0.4) is 0 Å². The van der Waals surface area contributed by atoms with E-state index in [1.54, 1.807) is 18.9 Å². The van der Waals surface area contributed by atoms with Crippen LogP contribution in [-0.2, 0) is 9.59 Å². The summed E-state index contributed by atoms with van der Waals surface area (Å²) in [6, 6.07) is 23.3. The molecule has 3 aromatic carbocycles. The Balaban J connectivity index is 1.87. The standard InChI is InChI=1S/C29H28N4O4S/c1-18-9-11-20(12-10-18)33-29-26(27(31-33)19-7-5-4-6-8-19)28(38-17-25(35)32(29)16-24(30)34)22-15-21(36-2)13-14-23(22)37-3/h4-15,28H,16-17H2,1-3H3,(H2,30,34)/t28-/m0/s1. The number of hydrogen-bond donors (Lipinski definition) is 1. The molecule has 0 saturated heterocycles. The lowest BCUT2D eigenvalue weighted by atomic mass is 9.98. The number of anilines is 1. The normalized spacial score (nSPS) is 15.1. The van der Waals surface area contributed by atoms with Crippen molar-refractivity contribution >= 4 is 29.4 Å². The fourth-order valence-electron chi connectivity index (χ4n) is 4.64. The SMILES string of the molecule is COc1ccc(OC)c([C@@H]2SCC(=O)N(CC(N)=O)c3c2c(-c2ccccc2)nn3-c2ccc(C)cc2)c1. The number of hydrogen-bond acceptors (Lipinski definition) is 6. The van der Waals surface area contributed by atoms with Gasteiger partial charge in [-0.1, -0.05) is 48.0 Å². The average Bonchev–Trinajstić information content (AvgIpc) is 3.26. The van der Waals surface area contributed by atoms with E-state index in [0.717, 1.165) is 27.9 Å². The molecule has 1 aromatic heterocycles. The van der Waals surface area contributed by atoms with Crippen molar-refractivity contribution in [1.29, 1.82) is 0 Å². The molecule has 0 spiro atoms. The molecule has 38 heavy (non-hydrogen) atoms. The van der Waals surface area contributed by atoms with Crippen molar-refractivity contribution in [2.24, 2.45) is 5.73 Å². The van der Waals surface area contributed by atoms with Crippen molar-refractivity contribution in [2.75, 3.05) is 31.4 Å². The zero-order valence-corrected chi connectivity index (χ0v) is 22.2. The molecule has 0 bridgehead atoms. The van der Waals surface area contributed by atoms with E-state index in [0.29, 0.717) is 23.0 Å². The van der Waals surface area contributed by atoms with Crippen LogP contribution < -0.4 is 20.1 Å². The molecular weight excluding hydrogens is 500 g/mol.